The molecule has 0 fully saturated rings. The summed E-state index contributed by atoms with van der Waals surface area (Å²) in [6.07, 6.45) is 0. The van der Waals surface area contributed by atoms with Crippen LogP contribution in [0.1, 0.15) is 44.1 Å². The summed E-state index contributed by atoms with van der Waals surface area (Å²) >= 11 is 4.86. The highest BCUT2D eigenvalue weighted by Gasteiger charge is 2.10. The van der Waals surface area contributed by atoms with Crippen molar-refractivity contribution in [3.05, 3.63) is 40.1 Å². The minimum Gasteiger partial charge on any atom is -0.354 e. The molecule has 1 atom stereocenters. The largest absolute Gasteiger partial charge is 0.354 e. The van der Waals surface area contributed by atoms with E-state index in [9.17, 15) is 0 Å². The van der Waals surface area contributed by atoms with E-state index in [1.165, 1.54) is 17.1 Å². The van der Waals surface area contributed by atoms with Gasteiger partial charge >= 0.3 is 0 Å². The molecule has 0 radical (unpaired) electrons. The van der Waals surface area contributed by atoms with Crippen LogP contribution in [-0.2, 0) is 0 Å². The number of anilines is 1. The SMILES string of the molecule is CC(C)c1nsc(NC(C)c2ccc(Br)cc2)n1. The maximum atomic E-state index is 4.48. The summed E-state index contributed by atoms with van der Waals surface area (Å²) in [5.74, 6) is 1.28. The molecule has 0 aliphatic carbocycles. The molecular formula is C13H16BrN3S. The Hall–Kier alpha value is -0.940. The van der Waals surface area contributed by atoms with Crippen molar-refractivity contribution in [2.45, 2.75) is 32.7 Å². The molecule has 5 heteroatoms. The van der Waals surface area contributed by atoms with Gasteiger partial charge < -0.3 is 5.32 Å². The van der Waals surface area contributed by atoms with Gasteiger partial charge in [0.05, 0.1) is 6.04 Å². The molecule has 96 valence electrons. The second-order valence-corrected chi connectivity index (χ2v) is 6.20. The number of benzene rings is 1. The molecule has 1 aromatic carbocycles. The summed E-state index contributed by atoms with van der Waals surface area (Å²) in [5, 5.41) is 4.27. The molecule has 1 heterocycles. The molecule has 0 aliphatic rings. The van der Waals surface area contributed by atoms with Crippen molar-refractivity contribution in [2.75, 3.05) is 5.32 Å². The lowest BCUT2D eigenvalue weighted by Crippen LogP contribution is -2.06. The average Bonchev–Trinajstić information content (AvgIpc) is 2.78. The molecular weight excluding hydrogens is 310 g/mol. The van der Waals surface area contributed by atoms with E-state index >= 15 is 0 Å². The smallest absolute Gasteiger partial charge is 0.203 e. The maximum Gasteiger partial charge on any atom is 0.203 e. The molecule has 0 bridgehead atoms. The number of hydrogen-bond acceptors (Lipinski definition) is 4. The highest BCUT2D eigenvalue weighted by molar-refractivity contribution is 9.10. The van der Waals surface area contributed by atoms with Crippen LogP contribution in [0.5, 0.6) is 0 Å². The van der Waals surface area contributed by atoms with E-state index in [1.54, 1.807) is 0 Å². The Balaban J connectivity index is 2.06. The van der Waals surface area contributed by atoms with Crippen LogP contribution in [0.25, 0.3) is 0 Å². The van der Waals surface area contributed by atoms with Crippen LogP contribution in [-0.4, -0.2) is 9.36 Å². The molecule has 0 saturated heterocycles. The average molecular weight is 326 g/mol. The Morgan fingerprint density at radius 3 is 2.39 bits per heavy atom. The third-order valence-corrected chi connectivity index (χ3v) is 3.86. The van der Waals surface area contributed by atoms with E-state index < -0.39 is 0 Å². The van der Waals surface area contributed by atoms with Crippen molar-refractivity contribution in [1.82, 2.24) is 9.36 Å². The molecule has 0 saturated carbocycles. The number of aromatic nitrogens is 2. The fourth-order valence-corrected chi connectivity index (χ4v) is 2.61. The van der Waals surface area contributed by atoms with Crippen LogP contribution in [0.3, 0.4) is 0 Å². The molecule has 3 nitrogen and oxygen atoms in total. The summed E-state index contributed by atoms with van der Waals surface area (Å²) in [5.41, 5.74) is 1.24. The topological polar surface area (TPSA) is 37.8 Å². The fraction of sp³-hybridized carbons (Fsp3) is 0.385. The van der Waals surface area contributed by atoms with Gasteiger partial charge in [-0.25, -0.2) is 4.98 Å². The normalized spacial score (nSPS) is 12.7. The van der Waals surface area contributed by atoms with Crippen LogP contribution in [0.4, 0.5) is 5.13 Å². The van der Waals surface area contributed by atoms with Crippen LogP contribution >= 0.6 is 27.5 Å². The first-order valence-electron chi connectivity index (χ1n) is 5.92. The van der Waals surface area contributed by atoms with E-state index in [0.717, 1.165) is 15.4 Å². The summed E-state index contributed by atoms with van der Waals surface area (Å²) in [7, 11) is 0. The first-order valence-corrected chi connectivity index (χ1v) is 7.48. The molecule has 0 amide bonds. The molecule has 0 aliphatic heterocycles. The van der Waals surface area contributed by atoms with Gasteiger partial charge in [0.1, 0.15) is 5.82 Å². The Bertz CT molecular complexity index is 507. The predicted octanol–water partition coefficient (Wildman–Crippen LogP) is 4.60. The Morgan fingerprint density at radius 1 is 1.17 bits per heavy atom. The molecule has 18 heavy (non-hydrogen) atoms. The minimum atomic E-state index is 0.228. The second-order valence-electron chi connectivity index (χ2n) is 4.53. The van der Waals surface area contributed by atoms with E-state index in [0.29, 0.717) is 5.92 Å². The monoisotopic (exact) mass is 325 g/mol. The third kappa shape index (κ3) is 3.29. The van der Waals surface area contributed by atoms with E-state index in [1.807, 2.05) is 12.1 Å². The maximum absolute atomic E-state index is 4.48. The summed E-state index contributed by atoms with van der Waals surface area (Å²) in [4.78, 5) is 4.48. The van der Waals surface area contributed by atoms with Crippen molar-refractivity contribution in [3.63, 3.8) is 0 Å². The van der Waals surface area contributed by atoms with Gasteiger partial charge in [-0.15, -0.1) is 0 Å². The van der Waals surface area contributed by atoms with Gasteiger partial charge in [0.2, 0.25) is 5.13 Å². The van der Waals surface area contributed by atoms with E-state index in [2.05, 4.69) is 63.5 Å². The zero-order chi connectivity index (χ0) is 13.1. The summed E-state index contributed by atoms with van der Waals surface area (Å²) in [6, 6.07) is 8.53. The van der Waals surface area contributed by atoms with Gasteiger partial charge in [-0.05, 0) is 24.6 Å². The van der Waals surface area contributed by atoms with Crippen molar-refractivity contribution < 1.29 is 0 Å². The second kappa shape index (κ2) is 5.80. The Kier molecular flexibility index (Phi) is 4.35. The number of halogens is 1. The van der Waals surface area contributed by atoms with Gasteiger partial charge in [0.25, 0.3) is 0 Å². The molecule has 2 rings (SSSR count). The standard InChI is InChI=1S/C13H16BrN3S/c1-8(2)12-16-13(18-17-12)15-9(3)10-4-6-11(14)7-5-10/h4-9H,1-3H3,(H,15,16,17). The molecule has 0 spiro atoms. The lowest BCUT2D eigenvalue weighted by atomic mass is 10.1. The molecule has 1 unspecified atom stereocenters. The lowest BCUT2D eigenvalue weighted by Gasteiger charge is -2.12. The number of nitrogens with one attached hydrogen (secondary N) is 1. The van der Waals surface area contributed by atoms with Gasteiger partial charge in [-0.2, -0.15) is 4.37 Å². The summed E-state index contributed by atoms with van der Waals surface area (Å²) < 4.78 is 5.43. The fourth-order valence-electron chi connectivity index (χ4n) is 1.55. The van der Waals surface area contributed by atoms with Gasteiger partial charge in [0, 0.05) is 21.9 Å². The Labute approximate surface area is 120 Å². The Morgan fingerprint density at radius 2 is 1.83 bits per heavy atom. The molecule has 1 aromatic heterocycles. The van der Waals surface area contributed by atoms with Crippen LogP contribution in [0.15, 0.2) is 28.7 Å². The first kappa shape index (κ1) is 13.5. The zero-order valence-corrected chi connectivity index (χ0v) is 13.0. The van der Waals surface area contributed by atoms with E-state index in [-0.39, 0.29) is 6.04 Å². The van der Waals surface area contributed by atoms with Crippen molar-refractivity contribution in [3.8, 4) is 0 Å². The molecule has 2 aromatic rings. The van der Waals surface area contributed by atoms with Crippen LogP contribution in [0, 0.1) is 0 Å². The van der Waals surface area contributed by atoms with Gasteiger partial charge in [-0.1, -0.05) is 41.9 Å². The number of hydrogen-bond donors (Lipinski definition) is 1. The van der Waals surface area contributed by atoms with Gasteiger partial charge in [-0.3, -0.25) is 0 Å². The van der Waals surface area contributed by atoms with Gasteiger partial charge in [0.15, 0.2) is 0 Å². The van der Waals surface area contributed by atoms with Crippen molar-refractivity contribution >= 4 is 32.6 Å². The van der Waals surface area contributed by atoms with Crippen LogP contribution < -0.4 is 5.32 Å². The van der Waals surface area contributed by atoms with E-state index in [4.69, 9.17) is 0 Å². The van der Waals surface area contributed by atoms with Crippen molar-refractivity contribution in [2.24, 2.45) is 0 Å². The minimum absolute atomic E-state index is 0.228. The number of rotatable bonds is 4. The quantitative estimate of drug-likeness (QED) is 0.892. The zero-order valence-electron chi connectivity index (χ0n) is 10.6. The third-order valence-electron chi connectivity index (χ3n) is 2.67. The predicted molar refractivity (Wildman–Crippen MR) is 80.2 cm³/mol. The number of nitrogens with zero attached hydrogens (tertiary/aromatic N) is 2. The lowest BCUT2D eigenvalue weighted by molar-refractivity contribution is 0.795. The van der Waals surface area contributed by atoms with Crippen molar-refractivity contribution in [1.29, 1.82) is 0 Å². The first-order chi connectivity index (χ1) is 8.56. The highest BCUT2D eigenvalue weighted by atomic mass is 79.9. The summed E-state index contributed by atoms with van der Waals surface area (Å²) in [6.45, 7) is 6.33. The molecule has 1 N–H and O–H groups in total. The van der Waals surface area contributed by atoms with Crippen LogP contribution in [0.2, 0.25) is 0 Å². The highest BCUT2D eigenvalue weighted by Crippen LogP contribution is 2.23.